The number of nitrogens with zero attached hydrogens (tertiary/aromatic N) is 1. The van der Waals surface area contributed by atoms with Crippen LogP contribution >= 0.6 is 0 Å². The zero-order chi connectivity index (χ0) is 19.2. The maximum absolute atomic E-state index is 12.0. The van der Waals surface area contributed by atoms with Gasteiger partial charge in [-0.3, -0.25) is 4.79 Å². The molecule has 0 aliphatic rings. The number of hydrogen-bond acceptors (Lipinski definition) is 7. The Bertz CT molecular complexity index is 920. The van der Waals surface area contributed by atoms with Crippen LogP contribution in [0.1, 0.15) is 16.1 Å². The molecule has 0 atom stereocenters. The van der Waals surface area contributed by atoms with Crippen molar-refractivity contribution in [1.82, 2.24) is 9.88 Å². The van der Waals surface area contributed by atoms with E-state index in [9.17, 15) is 18.0 Å². The summed E-state index contributed by atoms with van der Waals surface area (Å²) >= 11 is 0. The topological polar surface area (TPSA) is 128 Å². The molecule has 0 unspecified atom stereocenters. The van der Waals surface area contributed by atoms with Crippen LogP contribution in [0.3, 0.4) is 0 Å². The first-order valence-corrected chi connectivity index (χ1v) is 8.91. The molecule has 10 heteroatoms. The van der Waals surface area contributed by atoms with E-state index >= 15 is 0 Å². The van der Waals surface area contributed by atoms with Crippen LogP contribution in [0.5, 0.6) is 0 Å². The van der Waals surface area contributed by atoms with Gasteiger partial charge in [-0.15, -0.1) is 6.58 Å². The monoisotopic (exact) mass is 379 g/mol. The third kappa shape index (κ3) is 5.26. The Labute approximate surface area is 150 Å². The molecule has 1 aromatic carbocycles. The SMILES string of the molecule is C=CCNS(=O)(=O)c1cccc(C(=O)OCC(=O)Nc2cc(C)on2)c1. The van der Waals surface area contributed by atoms with Gasteiger partial charge in [0.25, 0.3) is 5.91 Å². The summed E-state index contributed by atoms with van der Waals surface area (Å²) < 4.78 is 36.1. The molecule has 0 bridgehead atoms. The maximum Gasteiger partial charge on any atom is 0.338 e. The van der Waals surface area contributed by atoms with Crippen molar-refractivity contribution in [3.05, 3.63) is 54.3 Å². The molecule has 0 aliphatic heterocycles. The van der Waals surface area contributed by atoms with Crippen LogP contribution in [0, 0.1) is 6.92 Å². The first-order chi connectivity index (χ1) is 12.3. The second-order valence-corrected chi connectivity index (χ2v) is 6.88. The van der Waals surface area contributed by atoms with Crippen molar-refractivity contribution < 1.29 is 27.3 Å². The second kappa shape index (κ2) is 8.41. The Morgan fingerprint density at radius 3 is 2.77 bits per heavy atom. The van der Waals surface area contributed by atoms with Crippen LogP contribution in [0.2, 0.25) is 0 Å². The third-order valence-corrected chi connectivity index (χ3v) is 4.45. The highest BCUT2D eigenvalue weighted by molar-refractivity contribution is 7.89. The van der Waals surface area contributed by atoms with E-state index in [1.807, 2.05) is 0 Å². The lowest BCUT2D eigenvalue weighted by molar-refractivity contribution is -0.119. The number of benzene rings is 1. The molecule has 2 rings (SSSR count). The molecule has 0 saturated carbocycles. The smallest absolute Gasteiger partial charge is 0.338 e. The molecule has 1 aromatic heterocycles. The van der Waals surface area contributed by atoms with Gasteiger partial charge in [-0.1, -0.05) is 17.3 Å². The van der Waals surface area contributed by atoms with Crippen molar-refractivity contribution in [1.29, 1.82) is 0 Å². The number of sulfonamides is 1. The number of aromatic nitrogens is 1. The quantitative estimate of drug-likeness (QED) is 0.522. The predicted molar refractivity (Wildman–Crippen MR) is 92.0 cm³/mol. The number of esters is 1. The number of hydrogen-bond donors (Lipinski definition) is 2. The summed E-state index contributed by atoms with van der Waals surface area (Å²) in [7, 11) is -3.78. The summed E-state index contributed by atoms with van der Waals surface area (Å²) in [6.45, 7) is 4.58. The molecular formula is C16H17N3O6S. The van der Waals surface area contributed by atoms with Gasteiger partial charge in [0.05, 0.1) is 10.5 Å². The molecular weight excluding hydrogens is 362 g/mol. The van der Waals surface area contributed by atoms with Gasteiger partial charge >= 0.3 is 5.97 Å². The average molecular weight is 379 g/mol. The van der Waals surface area contributed by atoms with Gasteiger partial charge in [0.1, 0.15) is 5.76 Å². The Kier molecular flexibility index (Phi) is 6.26. The van der Waals surface area contributed by atoms with Crippen molar-refractivity contribution in [2.75, 3.05) is 18.5 Å². The van der Waals surface area contributed by atoms with Gasteiger partial charge in [-0.2, -0.15) is 0 Å². The Balaban J connectivity index is 1.98. The number of amides is 1. The van der Waals surface area contributed by atoms with Gasteiger partial charge in [0.15, 0.2) is 12.4 Å². The molecule has 138 valence electrons. The molecule has 1 heterocycles. The first-order valence-electron chi connectivity index (χ1n) is 7.43. The fourth-order valence-corrected chi connectivity index (χ4v) is 2.90. The number of ether oxygens (including phenoxy) is 1. The molecule has 0 fully saturated rings. The van der Waals surface area contributed by atoms with Gasteiger partial charge in [-0.25, -0.2) is 17.9 Å². The van der Waals surface area contributed by atoms with E-state index in [1.54, 1.807) is 6.92 Å². The normalized spacial score (nSPS) is 11.0. The summed E-state index contributed by atoms with van der Waals surface area (Å²) in [5.74, 6) is -0.731. The minimum absolute atomic E-state index is 0.00319. The Morgan fingerprint density at radius 2 is 2.12 bits per heavy atom. The van der Waals surface area contributed by atoms with E-state index in [2.05, 4.69) is 21.8 Å². The maximum atomic E-state index is 12.0. The average Bonchev–Trinajstić information content (AvgIpc) is 3.02. The summed E-state index contributed by atoms with van der Waals surface area (Å²) in [6, 6.07) is 6.78. The fraction of sp³-hybridized carbons (Fsp3) is 0.188. The van der Waals surface area contributed by atoms with E-state index in [0.29, 0.717) is 5.76 Å². The lowest BCUT2D eigenvalue weighted by Crippen LogP contribution is -2.24. The lowest BCUT2D eigenvalue weighted by atomic mass is 10.2. The minimum atomic E-state index is -3.78. The molecule has 0 radical (unpaired) electrons. The Hall–Kier alpha value is -2.98. The predicted octanol–water partition coefficient (Wildman–Crippen LogP) is 1.24. The number of carbonyl (C=O) groups is 2. The van der Waals surface area contributed by atoms with Gasteiger partial charge in [0.2, 0.25) is 10.0 Å². The van der Waals surface area contributed by atoms with Gasteiger partial charge in [0, 0.05) is 12.6 Å². The van der Waals surface area contributed by atoms with Crippen molar-refractivity contribution in [3.63, 3.8) is 0 Å². The highest BCUT2D eigenvalue weighted by Crippen LogP contribution is 2.13. The standard InChI is InChI=1S/C16H17N3O6S/c1-3-7-17-26(22,23)13-6-4-5-12(9-13)16(21)24-10-15(20)18-14-8-11(2)25-19-14/h3-6,8-9,17H,1,7,10H2,2H3,(H,18,19,20). The van der Waals surface area contributed by atoms with Crippen molar-refractivity contribution in [3.8, 4) is 0 Å². The van der Waals surface area contributed by atoms with Crippen molar-refractivity contribution >= 4 is 27.7 Å². The fourth-order valence-electron chi connectivity index (χ4n) is 1.86. The molecule has 0 saturated heterocycles. The molecule has 2 N–H and O–H groups in total. The zero-order valence-corrected chi connectivity index (χ0v) is 14.7. The summed E-state index contributed by atoms with van der Waals surface area (Å²) in [6.07, 6.45) is 1.39. The minimum Gasteiger partial charge on any atom is -0.452 e. The molecule has 9 nitrogen and oxygen atoms in total. The molecule has 1 amide bonds. The molecule has 0 spiro atoms. The van der Waals surface area contributed by atoms with Crippen LogP contribution in [0.15, 0.2) is 52.4 Å². The highest BCUT2D eigenvalue weighted by atomic mass is 32.2. The van der Waals surface area contributed by atoms with Crippen LogP contribution in [0.25, 0.3) is 0 Å². The lowest BCUT2D eigenvalue weighted by Gasteiger charge is -2.07. The number of aryl methyl sites for hydroxylation is 1. The van der Waals surface area contributed by atoms with E-state index in [1.165, 1.54) is 30.3 Å². The molecule has 26 heavy (non-hydrogen) atoms. The van der Waals surface area contributed by atoms with Crippen molar-refractivity contribution in [2.24, 2.45) is 0 Å². The second-order valence-electron chi connectivity index (χ2n) is 5.12. The van der Waals surface area contributed by atoms with E-state index in [4.69, 9.17) is 9.26 Å². The molecule has 2 aromatic rings. The van der Waals surface area contributed by atoms with Crippen LogP contribution in [-0.2, 0) is 19.6 Å². The highest BCUT2D eigenvalue weighted by Gasteiger charge is 2.17. The number of nitrogens with one attached hydrogen (secondary N) is 2. The van der Waals surface area contributed by atoms with E-state index < -0.39 is 28.5 Å². The number of anilines is 1. The van der Waals surface area contributed by atoms with Crippen molar-refractivity contribution in [2.45, 2.75) is 11.8 Å². The largest absolute Gasteiger partial charge is 0.452 e. The van der Waals surface area contributed by atoms with Crippen LogP contribution in [0.4, 0.5) is 5.82 Å². The first kappa shape index (κ1) is 19.3. The van der Waals surface area contributed by atoms with Gasteiger partial charge in [-0.05, 0) is 25.1 Å². The number of carbonyl (C=O) groups excluding carboxylic acids is 2. The van der Waals surface area contributed by atoms with E-state index in [0.717, 1.165) is 6.07 Å². The summed E-state index contributed by atoms with van der Waals surface area (Å²) in [5.41, 5.74) is -0.00319. The summed E-state index contributed by atoms with van der Waals surface area (Å²) in [5, 5.41) is 5.97. The molecule has 0 aliphatic carbocycles. The van der Waals surface area contributed by atoms with E-state index in [-0.39, 0.29) is 22.8 Å². The zero-order valence-electron chi connectivity index (χ0n) is 13.9. The van der Waals surface area contributed by atoms with Gasteiger partial charge < -0.3 is 14.6 Å². The van der Waals surface area contributed by atoms with Crippen LogP contribution < -0.4 is 10.0 Å². The van der Waals surface area contributed by atoms with Crippen LogP contribution in [-0.4, -0.2) is 38.6 Å². The summed E-state index contributed by atoms with van der Waals surface area (Å²) in [4.78, 5) is 23.6. The number of rotatable bonds is 8. The Morgan fingerprint density at radius 1 is 1.35 bits per heavy atom. The third-order valence-electron chi connectivity index (χ3n) is 3.03.